The van der Waals surface area contributed by atoms with E-state index in [1.54, 1.807) is 11.5 Å². The lowest BCUT2D eigenvalue weighted by molar-refractivity contribution is -0.129. The van der Waals surface area contributed by atoms with Crippen LogP contribution >= 0.6 is 0 Å². The average molecular weight is 460 g/mol. The third-order valence-electron chi connectivity index (χ3n) is 6.35. The number of amides is 1. The normalized spacial score (nSPS) is 14.4. The fraction of sp³-hybridized carbons (Fsp3) is 0.360. The number of rotatable bonds is 5. The molecule has 5 rings (SSSR count). The first-order chi connectivity index (χ1) is 16.4. The number of hydrogen-bond donors (Lipinski definition) is 2. The molecule has 0 unspecified atom stereocenters. The highest BCUT2D eigenvalue weighted by atomic mass is 16.3. The van der Waals surface area contributed by atoms with Crippen molar-refractivity contribution in [2.75, 3.05) is 36.4 Å². The fourth-order valence-corrected chi connectivity index (χ4v) is 4.36. The Morgan fingerprint density at radius 1 is 1.12 bits per heavy atom. The van der Waals surface area contributed by atoms with E-state index in [2.05, 4.69) is 27.3 Å². The van der Waals surface area contributed by atoms with Gasteiger partial charge in [0.2, 0.25) is 17.7 Å². The Hall–Kier alpha value is -3.88. The highest BCUT2D eigenvalue weighted by Crippen LogP contribution is 2.34. The van der Waals surface area contributed by atoms with Crippen LogP contribution in [0.4, 0.5) is 11.8 Å². The van der Waals surface area contributed by atoms with Gasteiger partial charge in [-0.1, -0.05) is 24.3 Å². The molecule has 0 radical (unpaired) electrons. The van der Waals surface area contributed by atoms with Gasteiger partial charge in [0, 0.05) is 56.9 Å². The summed E-state index contributed by atoms with van der Waals surface area (Å²) >= 11 is 0. The molecule has 1 aliphatic rings. The molecule has 0 bridgehead atoms. The SMILES string of the molecule is CC(=O)N1CCN(c2nc(NCc3cc4ccccc4cn3)c3cn(C(C)C)c(O)c3n2)CC1. The van der Waals surface area contributed by atoms with E-state index in [0.29, 0.717) is 50.0 Å². The third kappa shape index (κ3) is 4.09. The molecule has 1 aromatic carbocycles. The van der Waals surface area contributed by atoms with Gasteiger partial charge >= 0.3 is 0 Å². The summed E-state index contributed by atoms with van der Waals surface area (Å²) in [7, 11) is 0. The second kappa shape index (κ2) is 8.81. The Balaban J connectivity index is 1.48. The first kappa shape index (κ1) is 21.9. The maximum atomic E-state index is 11.7. The molecule has 4 heterocycles. The molecule has 176 valence electrons. The number of anilines is 2. The van der Waals surface area contributed by atoms with E-state index in [9.17, 15) is 9.90 Å². The Morgan fingerprint density at radius 3 is 2.56 bits per heavy atom. The number of hydrogen-bond acceptors (Lipinski definition) is 7. The van der Waals surface area contributed by atoms with Crippen molar-refractivity contribution < 1.29 is 9.90 Å². The maximum absolute atomic E-state index is 11.7. The zero-order valence-corrected chi connectivity index (χ0v) is 19.7. The first-order valence-corrected chi connectivity index (χ1v) is 11.6. The zero-order chi connectivity index (χ0) is 23.8. The van der Waals surface area contributed by atoms with Gasteiger partial charge in [0.05, 0.1) is 17.6 Å². The van der Waals surface area contributed by atoms with Gasteiger partial charge in [-0.3, -0.25) is 9.78 Å². The lowest BCUT2D eigenvalue weighted by Gasteiger charge is -2.34. The number of pyridine rings is 1. The fourth-order valence-electron chi connectivity index (χ4n) is 4.36. The quantitative estimate of drug-likeness (QED) is 0.471. The van der Waals surface area contributed by atoms with Gasteiger partial charge in [-0.05, 0) is 25.3 Å². The van der Waals surface area contributed by atoms with E-state index in [1.165, 1.54) is 0 Å². The van der Waals surface area contributed by atoms with Crippen molar-refractivity contribution >= 4 is 39.3 Å². The molecule has 0 aliphatic carbocycles. The largest absolute Gasteiger partial charge is 0.493 e. The Bertz CT molecular complexity index is 1360. The summed E-state index contributed by atoms with van der Waals surface area (Å²) in [6, 6.07) is 10.3. The summed E-state index contributed by atoms with van der Waals surface area (Å²) in [5.74, 6) is 1.40. The van der Waals surface area contributed by atoms with Crippen molar-refractivity contribution in [2.45, 2.75) is 33.4 Å². The smallest absolute Gasteiger partial charge is 0.228 e. The molecule has 1 fully saturated rings. The van der Waals surface area contributed by atoms with Gasteiger partial charge in [-0.2, -0.15) is 4.98 Å². The molecule has 3 aromatic heterocycles. The van der Waals surface area contributed by atoms with Crippen molar-refractivity contribution in [1.82, 2.24) is 24.4 Å². The molecule has 4 aromatic rings. The van der Waals surface area contributed by atoms with Crippen LogP contribution in [0.5, 0.6) is 5.88 Å². The molecule has 9 heteroatoms. The van der Waals surface area contributed by atoms with Crippen molar-refractivity contribution in [2.24, 2.45) is 0 Å². The molecule has 0 atom stereocenters. The van der Waals surface area contributed by atoms with Crippen LogP contribution in [-0.4, -0.2) is 61.6 Å². The highest BCUT2D eigenvalue weighted by molar-refractivity contribution is 5.94. The number of carbonyl (C=O) groups excluding carboxylic acids is 1. The summed E-state index contributed by atoms with van der Waals surface area (Å²) in [5.41, 5.74) is 1.41. The van der Waals surface area contributed by atoms with Crippen LogP contribution in [-0.2, 0) is 11.3 Å². The number of nitrogens with one attached hydrogen (secondary N) is 1. The Kier molecular flexibility index (Phi) is 5.69. The molecule has 2 N–H and O–H groups in total. The van der Waals surface area contributed by atoms with Crippen molar-refractivity contribution in [3.63, 3.8) is 0 Å². The third-order valence-corrected chi connectivity index (χ3v) is 6.35. The Morgan fingerprint density at radius 2 is 1.85 bits per heavy atom. The highest BCUT2D eigenvalue weighted by Gasteiger charge is 2.24. The van der Waals surface area contributed by atoms with E-state index in [4.69, 9.17) is 9.97 Å². The number of fused-ring (bicyclic) bond motifs is 2. The number of nitrogens with zero attached hydrogens (tertiary/aromatic N) is 6. The molecular weight excluding hydrogens is 430 g/mol. The van der Waals surface area contributed by atoms with Gasteiger partial charge in [0.15, 0.2) is 0 Å². The van der Waals surface area contributed by atoms with Crippen LogP contribution in [0, 0.1) is 0 Å². The van der Waals surface area contributed by atoms with E-state index in [1.807, 2.05) is 49.3 Å². The molecule has 0 spiro atoms. The van der Waals surface area contributed by atoms with Crippen LogP contribution in [0.15, 0.2) is 42.7 Å². The molecule has 34 heavy (non-hydrogen) atoms. The van der Waals surface area contributed by atoms with Crippen molar-refractivity contribution in [1.29, 1.82) is 0 Å². The number of benzene rings is 1. The minimum atomic E-state index is 0.0757. The van der Waals surface area contributed by atoms with Gasteiger partial charge in [-0.25, -0.2) is 4.98 Å². The summed E-state index contributed by atoms with van der Waals surface area (Å²) < 4.78 is 1.80. The molecular formula is C25H29N7O2. The lowest BCUT2D eigenvalue weighted by atomic mass is 10.1. The molecule has 1 saturated heterocycles. The minimum absolute atomic E-state index is 0.0757. The maximum Gasteiger partial charge on any atom is 0.228 e. The summed E-state index contributed by atoms with van der Waals surface area (Å²) in [6.45, 7) is 8.64. The first-order valence-electron chi connectivity index (χ1n) is 11.6. The number of carbonyl (C=O) groups is 1. The topological polar surface area (TPSA) is 99.4 Å². The van der Waals surface area contributed by atoms with Crippen LogP contribution in [0.2, 0.25) is 0 Å². The lowest BCUT2D eigenvalue weighted by Crippen LogP contribution is -2.48. The minimum Gasteiger partial charge on any atom is -0.493 e. The molecule has 1 aliphatic heterocycles. The van der Waals surface area contributed by atoms with E-state index in [0.717, 1.165) is 21.9 Å². The van der Waals surface area contributed by atoms with Gasteiger partial charge in [0.25, 0.3) is 0 Å². The number of piperazine rings is 1. The molecule has 9 nitrogen and oxygen atoms in total. The second-order valence-electron chi connectivity index (χ2n) is 8.96. The van der Waals surface area contributed by atoms with E-state index in [-0.39, 0.29) is 17.8 Å². The van der Waals surface area contributed by atoms with Crippen molar-refractivity contribution in [3.05, 3.63) is 48.4 Å². The predicted molar refractivity (Wildman–Crippen MR) is 133 cm³/mol. The Labute approximate surface area is 198 Å². The monoisotopic (exact) mass is 459 g/mol. The van der Waals surface area contributed by atoms with Crippen molar-refractivity contribution in [3.8, 4) is 5.88 Å². The van der Waals surface area contributed by atoms with Crippen LogP contribution < -0.4 is 10.2 Å². The number of aromatic nitrogens is 4. The van der Waals surface area contributed by atoms with Crippen LogP contribution in [0.25, 0.3) is 21.7 Å². The summed E-state index contributed by atoms with van der Waals surface area (Å²) in [4.78, 5) is 29.7. The summed E-state index contributed by atoms with van der Waals surface area (Å²) in [6.07, 6.45) is 3.77. The second-order valence-corrected chi connectivity index (χ2v) is 8.96. The molecule has 0 saturated carbocycles. The van der Waals surface area contributed by atoms with Crippen LogP contribution in [0.3, 0.4) is 0 Å². The van der Waals surface area contributed by atoms with E-state index < -0.39 is 0 Å². The standard InChI is InChI=1S/C25H29N7O2/c1-16(2)32-15-21-22(24(32)34)28-25(31-10-8-30(9-11-31)17(3)33)29-23(21)27-14-20-12-18-6-4-5-7-19(18)13-26-20/h4-7,12-13,15-16,34H,8-11,14H2,1-3H3,(H,27,28,29). The van der Waals surface area contributed by atoms with Gasteiger partial charge in [0.1, 0.15) is 11.3 Å². The van der Waals surface area contributed by atoms with Gasteiger partial charge in [-0.15, -0.1) is 0 Å². The number of aromatic hydroxyl groups is 1. The molecule has 1 amide bonds. The van der Waals surface area contributed by atoms with E-state index >= 15 is 0 Å². The predicted octanol–water partition coefficient (Wildman–Crippen LogP) is 3.55. The average Bonchev–Trinajstić information content (AvgIpc) is 3.19. The summed E-state index contributed by atoms with van der Waals surface area (Å²) in [5, 5.41) is 17.3. The van der Waals surface area contributed by atoms with Crippen LogP contribution in [0.1, 0.15) is 32.5 Å². The van der Waals surface area contributed by atoms with Gasteiger partial charge < -0.3 is 24.8 Å². The zero-order valence-electron chi connectivity index (χ0n) is 19.7.